The van der Waals surface area contributed by atoms with E-state index < -0.39 is 0 Å². The minimum atomic E-state index is 0.141. The van der Waals surface area contributed by atoms with E-state index in [0.29, 0.717) is 0 Å². The Kier molecular flexibility index (Phi) is 4.63. The molecule has 1 atom stereocenters. The Morgan fingerprint density at radius 2 is 2.00 bits per heavy atom. The van der Waals surface area contributed by atoms with Gasteiger partial charge in [-0.05, 0) is 38.9 Å². The maximum absolute atomic E-state index is 4.71. The topological polar surface area (TPSA) is 37.8 Å². The Bertz CT molecular complexity index is 571. The molecule has 0 spiro atoms. The molecule has 0 aliphatic carbocycles. The van der Waals surface area contributed by atoms with Gasteiger partial charge in [-0.3, -0.25) is 4.98 Å². The van der Waals surface area contributed by atoms with Crippen LogP contribution in [0.2, 0.25) is 0 Å². The van der Waals surface area contributed by atoms with Crippen molar-refractivity contribution in [2.45, 2.75) is 33.2 Å². The monoisotopic (exact) mass is 255 g/mol. The Balaban J connectivity index is 2.34. The van der Waals surface area contributed by atoms with E-state index in [1.165, 1.54) is 5.57 Å². The first-order valence-electron chi connectivity index (χ1n) is 6.81. The van der Waals surface area contributed by atoms with Crippen LogP contribution in [0.3, 0.4) is 0 Å². The molecule has 0 amide bonds. The third-order valence-electron chi connectivity index (χ3n) is 2.90. The van der Waals surface area contributed by atoms with Crippen LogP contribution in [-0.4, -0.2) is 16.5 Å². The van der Waals surface area contributed by atoms with Crippen LogP contribution in [0.5, 0.6) is 0 Å². The van der Waals surface area contributed by atoms with Crippen molar-refractivity contribution in [1.82, 2.24) is 15.3 Å². The van der Waals surface area contributed by atoms with Crippen molar-refractivity contribution in [1.29, 1.82) is 0 Å². The molecule has 0 saturated carbocycles. The molecule has 2 rings (SSSR count). The predicted molar refractivity (Wildman–Crippen MR) is 80.0 cm³/mol. The molecule has 1 unspecified atom stereocenters. The highest BCUT2D eigenvalue weighted by atomic mass is 14.9. The number of allylic oxidation sites excluding steroid dienone is 1. The van der Waals surface area contributed by atoms with Crippen molar-refractivity contribution in [3.05, 3.63) is 47.8 Å². The summed E-state index contributed by atoms with van der Waals surface area (Å²) >= 11 is 0. The molecular formula is C16H21N3. The number of hydrogen-bond donors (Lipinski definition) is 1. The molecule has 0 fully saturated rings. The number of rotatable bonds is 5. The molecule has 3 heteroatoms. The van der Waals surface area contributed by atoms with Crippen molar-refractivity contribution in [2.24, 2.45) is 0 Å². The largest absolute Gasteiger partial charge is 0.305 e. The smallest absolute Gasteiger partial charge is 0.0890 e. The van der Waals surface area contributed by atoms with Gasteiger partial charge in [0.1, 0.15) is 0 Å². The summed E-state index contributed by atoms with van der Waals surface area (Å²) < 4.78 is 0. The van der Waals surface area contributed by atoms with Gasteiger partial charge in [-0.2, -0.15) is 0 Å². The number of aromatic nitrogens is 2. The fourth-order valence-corrected chi connectivity index (χ4v) is 2.00. The maximum Gasteiger partial charge on any atom is 0.0890 e. The Morgan fingerprint density at radius 1 is 1.26 bits per heavy atom. The quantitative estimate of drug-likeness (QED) is 0.829. The average Bonchev–Trinajstić information content (AvgIpc) is 2.42. The minimum Gasteiger partial charge on any atom is -0.305 e. The molecule has 1 N–H and O–H groups in total. The van der Waals surface area contributed by atoms with Crippen molar-refractivity contribution in [2.75, 3.05) is 6.54 Å². The average molecular weight is 255 g/mol. The molecule has 0 aliphatic rings. The van der Waals surface area contributed by atoms with Gasteiger partial charge in [0.05, 0.1) is 29.0 Å². The summed E-state index contributed by atoms with van der Waals surface area (Å²) in [4.78, 5) is 9.20. The van der Waals surface area contributed by atoms with Crippen LogP contribution in [0.15, 0.2) is 42.1 Å². The number of hydrogen-bond acceptors (Lipinski definition) is 3. The molecule has 1 aromatic heterocycles. The van der Waals surface area contributed by atoms with Gasteiger partial charge in [0, 0.05) is 0 Å². The standard InChI is InChI=1S/C16H21N3/c1-4-9-17-15(10-12(2)3)16-11-18-13-7-5-6-8-14(13)19-16/h5-8,10-11,15,17H,4,9H2,1-3H3. The van der Waals surface area contributed by atoms with Gasteiger partial charge in [0.2, 0.25) is 0 Å². The molecule has 0 saturated heterocycles. The highest BCUT2D eigenvalue weighted by Gasteiger charge is 2.10. The first-order chi connectivity index (χ1) is 9.20. The number of nitrogens with one attached hydrogen (secondary N) is 1. The van der Waals surface area contributed by atoms with Gasteiger partial charge in [-0.1, -0.05) is 30.7 Å². The van der Waals surface area contributed by atoms with E-state index in [1.54, 1.807) is 0 Å². The van der Waals surface area contributed by atoms with E-state index in [2.05, 4.69) is 37.1 Å². The SMILES string of the molecule is CCCNC(C=C(C)C)c1cnc2ccccc2n1. The first-order valence-corrected chi connectivity index (χ1v) is 6.81. The number of fused-ring (bicyclic) bond motifs is 1. The van der Waals surface area contributed by atoms with E-state index in [-0.39, 0.29) is 6.04 Å². The molecule has 100 valence electrons. The van der Waals surface area contributed by atoms with Crippen LogP contribution in [0.25, 0.3) is 11.0 Å². The van der Waals surface area contributed by atoms with Gasteiger partial charge in [-0.15, -0.1) is 0 Å². The zero-order valence-corrected chi connectivity index (χ0v) is 11.9. The first kappa shape index (κ1) is 13.7. The zero-order valence-electron chi connectivity index (χ0n) is 11.9. The Labute approximate surface area is 114 Å². The van der Waals surface area contributed by atoms with Crippen LogP contribution in [0.1, 0.15) is 38.9 Å². The van der Waals surface area contributed by atoms with Crippen molar-refractivity contribution >= 4 is 11.0 Å². The van der Waals surface area contributed by atoms with E-state index in [4.69, 9.17) is 4.98 Å². The van der Waals surface area contributed by atoms with Crippen molar-refractivity contribution in [3.63, 3.8) is 0 Å². The summed E-state index contributed by atoms with van der Waals surface area (Å²) in [6.45, 7) is 7.35. The fourth-order valence-electron chi connectivity index (χ4n) is 2.00. The summed E-state index contributed by atoms with van der Waals surface area (Å²) in [5.41, 5.74) is 4.15. The molecule has 0 aliphatic heterocycles. The fraction of sp³-hybridized carbons (Fsp3) is 0.375. The lowest BCUT2D eigenvalue weighted by atomic mass is 10.1. The van der Waals surface area contributed by atoms with E-state index >= 15 is 0 Å². The lowest BCUT2D eigenvalue weighted by Crippen LogP contribution is -2.21. The molecule has 2 aromatic rings. The molecule has 3 nitrogen and oxygen atoms in total. The zero-order chi connectivity index (χ0) is 13.7. The number of benzene rings is 1. The van der Waals surface area contributed by atoms with Crippen molar-refractivity contribution < 1.29 is 0 Å². The van der Waals surface area contributed by atoms with Gasteiger partial charge >= 0.3 is 0 Å². The van der Waals surface area contributed by atoms with E-state index in [0.717, 1.165) is 29.7 Å². The summed E-state index contributed by atoms with van der Waals surface area (Å²) in [7, 11) is 0. The summed E-state index contributed by atoms with van der Waals surface area (Å²) in [5, 5.41) is 3.50. The Morgan fingerprint density at radius 3 is 2.68 bits per heavy atom. The lowest BCUT2D eigenvalue weighted by molar-refractivity contribution is 0.598. The molecular weight excluding hydrogens is 234 g/mol. The second-order valence-electron chi connectivity index (χ2n) is 4.96. The van der Waals surface area contributed by atoms with Crippen molar-refractivity contribution in [3.8, 4) is 0 Å². The van der Waals surface area contributed by atoms with Crippen LogP contribution in [0, 0.1) is 0 Å². The number of nitrogens with zero attached hydrogens (tertiary/aromatic N) is 2. The van der Waals surface area contributed by atoms with Gasteiger partial charge in [0.15, 0.2) is 0 Å². The minimum absolute atomic E-state index is 0.141. The summed E-state index contributed by atoms with van der Waals surface area (Å²) in [5.74, 6) is 0. The van der Waals surface area contributed by atoms with Gasteiger partial charge in [-0.25, -0.2) is 4.98 Å². The summed E-state index contributed by atoms with van der Waals surface area (Å²) in [6.07, 6.45) is 5.18. The second kappa shape index (κ2) is 6.43. The molecule has 1 aromatic carbocycles. The third-order valence-corrected chi connectivity index (χ3v) is 2.90. The van der Waals surface area contributed by atoms with Gasteiger partial charge < -0.3 is 5.32 Å². The van der Waals surface area contributed by atoms with E-state index in [9.17, 15) is 0 Å². The number of para-hydroxylation sites is 2. The third kappa shape index (κ3) is 3.61. The van der Waals surface area contributed by atoms with Gasteiger partial charge in [0.25, 0.3) is 0 Å². The van der Waals surface area contributed by atoms with Crippen LogP contribution >= 0.6 is 0 Å². The second-order valence-corrected chi connectivity index (χ2v) is 4.96. The maximum atomic E-state index is 4.71. The molecule has 0 radical (unpaired) electrons. The Hall–Kier alpha value is -1.74. The molecule has 1 heterocycles. The van der Waals surface area contributed by atoms with Crippen LogP contribution in [0.4, 0.5) is 0 Å². The van der Waals surface area contributed by atoms with E-state index in [1.807, 2.05) is 30.5 Å². The molecule has 19 heavy (non-hydrogen) atoms. The predicted octanol–water partition coefficient (Wildman–Crippen LogP) is 3.64. The van der Waals surface area contributed by atoms with Crippen LogP contribution < -0.4 is 5.32 Å². The van der Waals surface area contributed by atoms with Crippen LogP contribution in [-0.2, 0) is 0 Å². The summed E-state index contributed by atoms with van der Waals surface area (Å²) in [6, 6.07) is 8.12. The lowest BCUT2D eigenvalue weighted by Gasteiger charge is -2.15. The highest BCUT2D eigenvalue weighted by molar-refractivity contribution is 5.73. The highest BCUT2D eigenvalue weighted by Crippen LogP contribution is 2.16. The normalized spacial score (nSPS) is 12.4. The molecule has 0 bridgehead atoms.